The van der Waals surface area contributed by atoms with Crippen LogP contribution in [0.2, 0.25) is 0 Å². The van der Waals surface area contributed by atoms with Crippen LogP contribution in [-0.2, 0) is 7.05 Å². The molecule has 5 nitrogen and oxygen atoms in total. The fraction of sp³-hybridized carbons (Fsp3) is 0.318. The third kappa shape index (κ3) is 2.98. The molecule has 0 aliphatic heterocycles. The van der Waals surface area contributed by atoms with Crippen molar-refractivity contribution < 1.29 is 5.11 Å². The number of phenolic OH excluding ortho intramolecular Hbond substituents is 1. The highest BCUT2D eigenvalue weighted by Gasteiger charge is 2.16. The van der Waals surface area contributed by atoms with Crippen LogP contribution in [0.15, 0.2) is 36.5 Å². The van der Waals surface area contributed by atoms with E-state index < -0.39 is 0 Å². The van der Waals surface area contributed by atoms with Crippen LogP contribution in [0.4, 0.5) is 5.82 Å². The Morgan fingerprint density at radius 1 is 1.15 bits per heavy atom. The van der Waals surface area contributed by atoms with Crippen molar-refractivity contribution in [3.05, 3.63) is 42.1 Å². The highest BCUT2D eigenvalue weighted by atomic mass is 16.3. The van der Waals surface area contributed by atoms with E-state index in [4.69, 9.17) is 0 Å². The number of aromatic nitrogens is 2. The second-order valence-electron chi connectivity index (χ2n) is 7.50. The summed E-state index contributed by atoms with van der Waals surface area (Å²) < 4.78 is 2.25. The molecule has 4 aromatic rings. The first-order chi connectivity index (χ1) is 13.0. The number of nitrogens with zero attached hydrogens (tertiary/aromatic N) is 3. The number of rotatable bonds is 5. The molecule has 2 N–H and O–H groups in total. The zero-order valence-electron chi connectivity index (χ0n) is 16.4. The Bertz CT molecular complexity index is 1140. The lowest BCUT2D eigenvalue weighted by atomic mass is 10.0. The number of fused-ring (bicyclic) bond motifs is 4. The van der Waals surface area contributed by atoms with Crippen molar-refractivity contribution in [1.82, 2.24) is 14.5 Å². The molecule has 0 unspecified atom stereocenters. The summed E-state index contributed by atoms with van der Waals surface area (Å²) in [7, 11) is 6.29. The van der Waals surface area contributed by atoms with Crippen molar-refractivity contribution >= 4 is 38.4 Å². The van der Waals surface area contributed by atoms with Crippen LogP contribution in [0.3, 0.4) is 0 Å². The maximum atomic E-state index is 9.92. The van der Waals surface area contributed by atoms with Crippen LogP contribution in [0.5, 0.6) is 5.75 Å². The number of nitrogens with one attached hydrogen (secondary N) is 1. The van der Waals surface area contributed by atoms with Crippen LogP contribution >= 0.6 is 0 Å². The number of hydrogen-bond acceptors (Lipinski definition) is 4. The first kappa shape index (κ1) is 17.6. The van der Waals surface area contributed by atoms with E-state index in [9.17, 15) is 5.11 Å². The standard InChI is InChI=1S/C22H26N4O/c1-14-17-7-6-16(27)12-15(17)13-18-20-19(26(4)21(14)18)8-10-24-22(20)23-9-5-11-25(2)3/h6-8,10,12-13,27H,5,9,11H2,1-4H3,(H,23,24). The van der Waals surface area contributed by atoms with E-state index in [0.29, 0.717) is 5.75 Å². The van der Waals surface area contributed by atoms with Gasteiger partial charge in [-0.1, -0.05) is 6.07 Å². The minimum atomic E-state index is 0.293. The highest BCUT2D eigenvalue weighted by molar-refractivity contribution is 6.18. The Kier molecular flexibility index (Phi) is 4.40. The van der Waals surface area contributed by atoms with Gasteiger partial charge in [-0.05, 0) is 74.6 Å². The summed E-state index contributed by atoms with van der Waals surface area (Å²) >= 11 is 0. The maximum Gasteiger partial charge on any atom is 0.136 e. The van der Waals surface area contributed by atoms with E-state index in [0.717, 1.165) is 41.6 Å². The molecule has 2 heterocycles. The summed E-state index contributed by atoms with van der Waals surface area (Å²) in [6.07, 6.45) is 2.93. The maximum absolute atomic E-state index is 9.92. The van der Waals surface area contributed by atoms with Gasteiger partial charge in [-0.25, -0.2) is 4.98 Å². The summed E-state index contributed by atoms with van der Waals surface area (Å²) in [5, 5.41) is 18.0. The fourth-order valence-corrected chi connectivity index (χ4v) is 4.04. The summed E-state index contributed by atoms with van der Waals surface area (Å²) in [6.45, 7) is 4.08. The molecule has 0 saturated heterocycles. The lowest BCUT2D eigenvalue weighted by Gasteiger charge is -2.11. The Balaban J connectivity index is 1.91. The molecule has 0 bridgehead atoms. The van der Waals surface area contributed by atoms with E-state index >= 15 is 0 Å². The Labute approximate surface area is 159 Å². The minimum Gasteiger partial charge on any atom is -0.508 e. The van der Waals surface area contributed by atoms with Crippen molar-refractivity contribution in [1.29, 1.82) is 0 Å². The van der Waals surface area contributed by atoms with Gasteiger partial charge in [-0.2, -0.15) is 0 Å². The van der Waals surface area contributed by atoms with Gasteiger partial charge in [-0.15, -0.1) is 0 Å². The van der Waals surface area contributed by atoms with E-state index in [1.165, 1.54) is 21.9 Å². The van der Waals surface area contributed by atoms with Gasteiger partial charge in [-0.3, -0.25) is 0 Å². The van der Waals surface area contributed by atoms with Gasteiger partial charge < -0.3 is 19.9 Å². The molecule has 140 valence electrons. The van der Waals surface area contributed by atoms with Crippen molar-refractivity contribution in [2.45, 2.75) is 13.3 Å². The highest BCUT2D eigenvalue weighted by Crippen LogP contribution is 2.38. The number of pyridine rings is 1. The van der Waals surface area contributed by atoms with Gasteiger partial charge in [0.05, 0.1) is 11.0 Å². The quantitative estimate of drug-likeness (QED) is 0.521. The van der Waals surface area contributed by atoms with Gasteiger partial charge in [0.25, 0.3) is 0 Å². The first-order valence-corrected chi connectivity index (χ1v) is 9.35. The molecular weight excluding hydrogens is 336 g/mol. The summed E-state index contributed by atoms with van der Waals surface area (Å²) in [5.74, 6) is 1.22. The van der Waals surface area contributed by atoms with E-state index in [2.05, 4.69) is 60.0 Å². The average Bonchev–Trinajstić information content (AvgIpc) is 2.92. The van der Waals surface area contributed by atoms with Gasteiger partial charge >= 0.3 is 0 Å². The molecule has 0 aliphatic carbocycles. The topological polar surface area (TPSA) is 53.3 Å². The zero-order valence-corrected chi connectivity index (χ0v) is 16.4. The molecule has 0 saturated carbocycles. The number of aromatic hydroxyl groups is 1. The fourth-order valence-electron chi connectivity index (χ4n) is 4.04. The third-order valence-corrected chi connectivity index (χ3v) is 5.32. The second-order valence-corrected chi connectivity index (χ2v) is 7.50. The van der Waals surface area contributed by atoms with Gasteiger partial charge in [0.15, 0.2) is 0 Å². The third-order valence-electron chi connectivity index (χ3n) is 5.32. The van der Waals surface area contributed by atoms with Crippen LogP contribution in [0.25, 0.3) is 32.6 Å². The van der Waals surface area contributed by atoms with Crippen LogP contribution in [0.1, 0.15) is 12.0 Å². The van der Waals surface area contributed by atoms with Gasteiger partial charge in [0.1, 0.15) is 11.6 Å². The molecule has 0 atom stereocenters. The monoisotopic (exact) mass is 362 g/mol. The molecule has 0 aliphatic rings. The SMILES string of the molecule is Cc1c2ccc(O)cc2cc2c3c(NCCCN(C)C)nccc3n(C)c12. The van der Waals surface area contributed by atoms with Crippen molar-refractivity contribution in [3.63, 3.8) is 0 Å². The Hall–Kier alpha value is -2.79. The smallest absolute Gasteiger partial charge is 0.136 e. The zero-order chi connectivity index (χ0) is 19.1. The first-order valence-electron chi connectivity index (χ1n) is 9.35. The number of aryl methyl sites for hydroxylation is 2. The molecule has 5 heteroatoms. The van der Waals surface area contributed by atoms with Crippen LogP contribution in [0, 0.1) is 6.92 Å². The summed E-state index contributed by atoms with van der Waals surface area (Å²) in [6, 6.07) is 9.83. The molecule has 27 heavy (non-hydrogen) atoms. The molecule has 0 radical (unpaired) electrons. The number of hydrogen-bond donors (Lipinski definition) is 2. The summed E-state index contributed by atoms with van der Waals surface area (Å²) in [5.41, 5.74) is 3.60. The lowest BCUT2D eigenvalue weighted by Crippen LogP contribution is -2.16. The number of anilines is 1. The molecular formula is C22H26N4O. The molecule has 2 aromatic heterocycles. The normalized spacial score (nSPS) is 11.9. The van der Waals surface area contributed by atoms with Crippen LogP contribution < -0.4 is 5.32 Å². The van der Waals surface area contributed by atoms with Crippen molar-refractivity contribution in [2.75, 3.05) is 32.5 Å². The van der Waals surface area contributed by atoms with Crippen LogP contribution in [-0.4, -0.2) is 46.7 Å². The Morgan fingerprint density at radius 2 is 1.96 bits per heavy atom. The number of phenols is 1. The number of benzene rings is 2. The molecule has 0 amide bonds. The predicted molar refractivity (Wildman–Crippen MR) is 114 cm³/mol. The Morgan fingerprint density at radius 3 is 2.74 bits per heavy atom. The largest absolute Gasteiger partial charge is 0.508 e. The molecule has 2 aromatic carbocycles. The van der Waals surface area contributed by atoms with Crippen molar-refractivity contribution in [3.8, 4) is 5.75 Å². The van der Waals surface area contributed by atoms with E-state index in [1.807, 2.05) is 18.3 Å². The van der Waals surface area contributed by atoms with E-state index in [-0.39, 0.29) is 0 Å². The summed E-state index contributed by atoms with van der Waals surface area (Å²) in [4.78, 5) is 6.82. The predicted octanol–water partition coefficient (Wildman–Crippen LogP) is 4.26. The van der Waals surface area contributed by atoms with Gasteiger partial charge in [0.2, 0.25) is 0 Å². The van der Waals surface area contributed by atoms with Gasteiger partial charge in [0, 0.05) is 30.6 Å². The van der Waals surface area contributed by atoms with E-state index in [1.54, 1.807) is 6.07 Å². The average molecular weight is 362 g/mol. The molecule has 4 rings (SSSR count). The molecule has 0 fully saturated rings. The lowest BCUT2D eigenvalue weighted by molar-refractivity contribution is 0.405. The van der Waals surface area contributed by atoms with Crippen molar-refractivity contribution in [2.24, 2.45) is 7.05 Å². The minimum absolute atomic E-state index is 0.293. The second kappa shape index (κ2) is 6.74. The molecule has 0 spiro atoms.